The number of carboxylic acid groups (broad SMARTS) is 1. The van der Waals surface area contributed by atoms with Gasteiger partial charge in [0.05, 0.1) is 12.1 Å². The van der Waals surface area contributed by atoms with E-state index >= 15 is 0 Å². The summed E-state index contributed by atoms with van der Waals surface area (Å²) in [5.74, 6) is -0.710. The molecule has 1 rings (SSSR count). The van der Waals surface area contributed by atoms with E-state index in [4.69, 9.17) is 15.1 Å². The van der Waals surface area contributed by atoms with E-state index in [0.717, 1.165) is 0 Å². The number of hydrogen-bond acceptors (Lipinski definition) is 5. The molecule has 0 aliphatic heterocycles. The molecule has 1 aromatic heterocycles. The molecule has 0 saturated heterocycles. The highest BCUT2D eigenvalue weighted by Crippen LogP contribution is 2.09. The van der Waals surface area contributed by atoms with Crippen LogP contribution in [-0.4, -0.2) is 35.8 Å². The third-order valence-corrected chi connectivity index (χ3v) is 1.94. The van der Waals surface area contributed by atoms with Gasteiger partial charge in [0, 0.05) is 13.3 Å². The Labute approximate surface area is 92.5 Å². The Morgan fingerprint density at radius 3 is 3.12 bits per heavy atom. The SMILES string of the molecule is COC(CNc1ncccc1C#N)C(=O)O. The van der Waals surface area contributed by atoms with Crippen LogP contribution in [0.4, 0.5) is 5.82 Å². The summed E-state index contributed by atoms with van der Waals surface area (Å²) in [5.41, 5.74) is 0.364. The molecular formula is C10H11N3O3. The summed E-state index contributed by atoms with van der Waals surface area (Å²) in [6, 6.07) is 5.18. The number of nitrogens with one attached hydrogen (secondary N) is 1. The quantitative estimate of drug-likeness (QED) is 0.750. The predicted molar refractivity (Wildman–Crippen MR) is 55.9 cm³/mol. The highest BCUT2D eigenvalue weighted by molar-refractivity contribution is 5.73. The van der Waals surface area contributed by atoms with E-state index in [-0.39, 0.29) is 6.54 Å². The number of anilines is 1. The van der Waals surface area contributed by atoms with Crippen molar-refractivity contribution in [2.45, 2.75) is 6.10 Å². The Morgan fingerprint density at radius 2 is 2.56 bits per heavy atom. The summed E-state index contributed by atoms with van der Waals surface area (Å²) in [6.45, 7) is 0.0531. The average molecular weight is 221 g/mol. The van der Waals surface area contributed by atoms with Crippen LogP contribution in [-0.2, 0) is 9.53 Å². The highest BCUT2D eigenvalue weighted by Gasteiger charge is 2.16. The van der Waals surface area contributed by atoms with E-state index in [1.165, 1.54) is 13.3 Å². The molecule has 16 heavy (non-hydrogen) atoms. The van der Waals surface area contributed by atoms with Crippen molar-refractivity contribution in [1.29, 1.82) is 5.26 Å². The van der Waals surface area contributed by atoms with Crippen LogP contribution < -0.4 is 5.32 Å². The zero-order valence-corrected chi connectivity index (χ0v) is 8.67. The number of nitrogens with zero attached hydrogens (tertiary/aromatic N) is 2. The molecular weight excluding hydrogens is 210 g/mol. The highest BCUT2D eigenvalue weighted by atomic mass is 16.5. The monoisotopic (exact) mass is 221 g/mol. The molecule has 0 fully saturated rings. The van der Waals surface area contributed by atoms with Crippen LogP contribution >= 0.6 is 0 Å². The largest absolute Gasteiger partial charge is 0.479 e. The van der Waals surface area contributed by atoms with Crippen LogP contribution in [0, 0.1) is 11.3 Å². The molecule has 0 aliphatic carbocycles. The van der Waals surface area contributed by atoms with Crippen molar-refractivity contribution < 1.29 is 14.6 Å². The van der Waals surface area contributed by atoms with Gasteiger partial charge < -0.3 is 15.2 Å². The second-order valence-corrected chi connectivity index (χ2v) is 2.95. The summed E-state index contributed by atoms with van der Waals surface area (Å²) >= 11 is 0. The van der Waals surface area contributed by atoms with Crippen molar-refractivity contribution >= 4 is 11.8 Å². The summed E-state index contributed by atoms with van der Waals surface area (Å²) in [5, 5.41) is 20.3. The van der Waals surface area contributed by atoms with E-state index in [0.29, 0.717) is 11.4 Å². The number of hydrogen-bond donors (Lipinski definition) is 2. The number of ether oxygens (including phenoxy) is 1. The minimum absolute atomic E-state index is 0.0531. The van der Waals surface area contributed by atoms with Gasteiger partial charge in [-0.05, 0) is 12.1 Å². The Bertz CT molecular complexity index is 414. The van der Waals surface area contributed by atoms with Crippen LogP contribution in [0.15, 0.2) is 18.3 Å². The van der Waals surface area contributed by atoms with E-state index in [1.807, 2.05) is 6.07 Å². The average Bonchev–Trinajstić information content (AvgIpc) is 2.30. The maximum atomic E-state index is 10.7. The van der Waals surface area contributed by atoms with Gasteiger partial charge in [0.2, 0.25) is 0 Å². The molecule has 0 aliphatic rings. The fraction of sp³-hybridized carbons (Fsp3) is 0.300. The van der Waals surface area contributed by atoms with Gasteiger partial charge in [0.15, 0.2) is 6.10 Å². The van der Waals surface area contributed by atoms with Gasteiger partial charge in [-0.2, -0.15) is 5.26 Å². The van der Waals surface area contributed by atoms with Gasteiger partial charge in [-0.3, -0.25) is 0 Å². The van der Waals surface area contributed by atoms with Crippen molar-refractivity contribution in [3.63, 3.8) is 0 Å². The summed E-state index contributed by atoms with van der Waals surface area (Å²) in [7, 11) is 1.31. The maximum Gasteiger partial charge on any atom is 0.334 e. The lowest BCUT2D eigenvalue weighted by molar-refractivity contribution is -0.147. The first-order valence-electron chi connectivity index (χ1n) is 4.53. The molecule has 0 spiro atoms. The smallest absolute Gasteiger partial charge is 0.334 e. The Hall–Kier alpha value is -2.13. The van der Waals surface area contributed by atoms with Crippen molar-refractivity contribution in [3.8, 4) is 6.07 Å². The first-order chi connectivity index (χ1) is 7.69. The Kier molecular flexibility index (Phi) is 4.24. The Balaban J connectivity index is 2.67. The fourth-order valence-corrected chi connectivity index (χ4v) is 1.10. The lowest BCUT2D eigenvalue weighted by atomic mass is 10.2. The molecule has 1 unspecified atom stereocenters. The number of pyridine rings is 1. The van der Waals surface area contributed by atoms with Crippen molar-refractivity contribution in [3.05, 3.63) is 23.9 Å². The van der Waals surface area contributed by atoms with Crippen molar-refractivity contribution in [1.82, 2.24) is 4.98 Å². The minimum atomic E-state index is -1.07. The molecule has 1 atom stereocenters. The second-order valence-electron chi connectivity index (χ2n) is 2.95. The molecule has 2 N–H and O–H groups in total. The van der Waals surface area contributed by atoms with Gasteiger partial charge in [0.1, 0.15) is 11.9 Å². The van der Waals surface area contributed by atoms with E-state index in [9.17, 15) is 4.79 Å². The lowest BCUT2D eigenvalue weighted by Crippen LogP contribution is -2.30. The number of aliphatic carboxylic acids is 1. The van der Waals surface area contributed by atoms with E-state index in [1.54, 1.807) is 12.1 Å². The predicted octanol–water partition coefficient (Wildman–Crippen LogP) is 0.465. The third kappa shape index (κ3) is 2.93. The zero-order valence-electron chi connectivity index (χ0n) is 8.67. The van der Waals surface area contributed by atoms with E-state index in [2.05, 4.69) is 10.3 Å². The number of methoxy groups -OCH3 is 1. The maximum absolute atomic E-state index is 10.7. The first kappa shape index (κ1) is 11.9. The number of carboxylic acids is 1. The molecule has 1 heterocycles. The molecule has 0 radical (unpaired) electrons. The summed E-state index contributed by atoms with van der Waals surface area (Å²) < 4.78 is 4.73. The number of nitriles is 1. The van der Waals surface area contributed by atoms with Gasteiger partial charge in [0.25, 0.3) is 0 Å². The van der Waals surface area contributed by atoms with Crippen molar-refractivity contribution in [2.24, 2.45) is 0 Å². The molecule has 0 saturated carbocycles. The first-order valence-corrected chi connectivity index (χ1v) is 4.53. The van der Waals surface area contributed by atoms with Gasteiger partial charge in [-0.1, -0.05) is 0 Å². The summed E-state index contributed by atoms with van der Waals surface area (Å²) in [4.78, 5) is 14.6. The van der Waals surface area contributed by atoms with Crippen molar-refractivity contribution in [2.75, 3.05) is 19.0 Å². The molecule has 84 valence electrons. The summed E-state index contributed by atoms with van der Waals surface area (Å²) in [6.07, 6.45) is 0.555. The van der Waals surface area contributed by atoms with Gasteiger partial charge in [-0.15, -0.1) is 0 Å². The van der Waals surface area contributed by atoms with Crippen LogP contribution in [0.2, 0.25) is 0 Å². The zero-order chi connectivity index (χ0) is 12.0. The van der Waals surface area contributed by atoms with Crippen LogP contribution in [0.25, 0.3) is 0 Å². The van der Waals surface area contributed by atoms with Gasteiger partial charge in [-0.25, -0.2) is 9.78 Å². The Morgan fingerprint density at radius 1 is 1.81 bits per heavy atom. The fourth-order valence-electron chi connectivity index (χ4n) is 1.10. The number of rotatable bonds is 5. The van der Waals surface area contributed by atoms with Crippen LogP contribution in [0.5, 0.6) is 0 Å². The van der Waals surface area contributed by atoms with E-state index < -0.39 is 12.1 Å². The molecule has 0 amide bonds. The minimum Gasteiger partial charge on any atom is -0.479 e. The normalized spacial score (nSPS) is 11.5. The molecule has 1 aromatic rings. The number of aromatic nitrogens is 1. The second kappa shape index (κ2) is 5.68. The van der Waals surface area contributed by atoms with Gasteiger partial charge >= 0.3 is 5.97 Å². The van der Waals surface area contributed by atoms with Crippen LogP contribution in [0.1, 0.15) is 5.56 Å². The molecule has 6 nitrogen and oxygen atoms in total. The number of carbonyl (C=O) groups is 1. The molecule has 0 aromatic carbocycles. The standard InChI is InChI=1S/C10H11N3O3/c1-16-8(10(14)15)6-13-9-7(5-11)3-2-4-12-9/h2-4,8H,6H2,1H3,(H,12,13)(H,14,15). The lowest BCUT2D eigenvalue weighted by Gasteiger charge is -2.12. The third-order valence-electron chi connectivity index (χ3n) is 1.94. The molecule has 6 heteroatoms. The molecule has 0 bridgehead atoms. The topological polar surface area (TPSA) is 95.2 Å². The van der Waals surface area contributed by atoms with Crippen LogP contribution in [0.3, 0.4) is 0 Å².